The lowest BCUT2D eigenvalue weighted by Gasteiger charge is -2.13. The zero-order valence-electron chi connectivity index (χ0n) is 17.0. The standard InChI is InChI=1S/C24H17N5O2S/c1-16-11-13-18(14-12-16)32(30,31)28-23-19(15-25)22-24(29(23)17-7-3-2-4-8-17)27-21-10-6-5-9-20(21)26-22/h2-14,28H,1H3. The topological polar surface area (TPSA) is 101 Å². The van der Waals surface area contributed by atoms with Crippen molar-refractivity contribution in [1.82, 2.24) is 14.5 Å². The lowest BCUT2D eigenvalue weighted by atomic mass is 10.2. The molecule has 156 valence electrons. The van der Waals surface area contributed by atoms with Crippen LogP contribution in [0.3, 0.4) is 0 Å². The number of hydrogen-bond acceptors (Lipinski definition) is 5. The zero-order valence-corrected chi connectivity index (χ0v) is 17.8. The third-order valence-electron chi connectivity index (χ3n) is 5.15. The molecule has 8 heteroatoms. The van der Waals surface area contributed by atoms with Crippen LogP contribution in [0.5, 0.6) is 0 Å². The molecular formula is C24H17N5O2S. The molecule has 5 aromatic rings. The summed E-state index contributed by atoms with van der Waals surface area (Å²) < 4.78 is 30.6. The third kappa shape index (κ3) is 3.25. The minimum atomic E-state index is -3.97. The monoisotopic (exact) mass is 439 g/mol. The minimum Gasteiger partial charge on any atom is -0.277 e. The van der Waals surface area contributed by atoms with Crippen molar-refractivity contribution in [3.63, 3.8) is 0 Å². The van der Waals surface area contributed by atoms with Gasteiger partial charge in [0.2, 0.25) is 0 Å². The van der Waals surface area contributed by atoms with Gasteiger partial charge in [-0.25, -0.2) is 18.4 Å². The molecule has 0 aliphatic heterocycles. The van der Waals surface area contributed by atoms with Crippen LogP contribution in [0.15, 0.2) is 83.8 Å². The highest BCUT2D eigenvalue weighted by atomic mass is 32.2. The van der Waals surface area contributed by atoms with Crippen molar-refractivity contribution >= 4 is 38.0 Å². The number of aromatic nitrogens is 3. The summed E-state index contributed by atoms with van der Waals surface area (Å²) in [6, 6.07) is 25.1. The van der Waals surface area contributed by atoms with E-state index in [2.05, 4.69) is 15.8 Å². The van der Waals surface area contributed by atoms with Gasteiger partial charge >= 0.3 is 0 Å². The summed E-state index contributed by atoms with van der Waals surface area (Å²) in [7, 11) is -3.97. The molecule has 3 aromatic carbocycles. The molecule has 1 N–H and O–H groups in total. The van der Waals surface area contributed by atoms with Crippen molar-refractivity contribution in [2.24, 2.45) is 0 Å². The van der Waals surface area contributed by atoms with Crippen LogP contribution in [-0.4, -0.2) is 23.0 Å². The van der Waals surface area contributed by atoms with Gasteiger partial charge in [-0.1, -0.05) is 48.0 Å². The largest absolute Gasteiger partial charge is 0.277 e. The molecule has 5 rings (SSSR count). The summed E-state index contributed by atoms with van der Waals surface area (Å²) in [6.45, 7) is 1.88. The van der Waals surface area contributed by atoms with Crippen LogP contribution < -0.4 is 4.72 Å². The van der Waals surface area contributed by atoms with Gasteiger partial charge in [-0.05, 0) is 43.3 Å². The SMILES string of the molecule is Cc1ccc(S(=O)(=O)Nc2c(C#N)c3nc4ccccc4nc3n2-c2ccccc2)cc1. The number of benzene rings is 3. The zero-order chi connectivity index (χ0) is 22.3. The van der Waals surface area contributed by atoms with Gasteiger partial charge in [0.25, 0.3) is 10.0 Å². The molecule has 0 spiro atoms. The number of nitrogens with zero attached hydrogens (tertiary/aromatic N) is 4. The Bertz CT molecular complexity index is 1620. The molecule has 2 aromatic heterocycles. The van der Waals surface area contributed by atoms with Crippen LogP contribution in [0.1, 0.15) is 11.1 Å². The van der Waals surface area contributed by atoms with Crippen molar-refractivity contribution in [2.45, 2.75) is 11.8 Å². The van der Waals surface area contributed by atoms with Gasteiger partial charge in [-0.3, -0.25) is 9.29 Å². The van der Waals surface area contributed by atoms with E-state index in [4.69, 9.17) is 4.98 Å². The fourth-order valence-corrected chi connectivity index (χ4v) is 4.64. The lowest BCUT2D eigenvalue weighted by molar-refractivity contribution is 0.601. The molecule has 0 aliphatic rings. The number of fused-ring (bicyclic) bond motifs is 2. The minimum absolute atomic E-state index is 0.0999. The summed E-state index contributed by atoms with van der Waals surface area (Å²) >= 11 is 0. The average molecular weight is 440 g/mol. The average Bonchev–Trinajstić information content (AvgIpc) is 3.09. The third-order valence-corrected chi connectivity index (χ3v) is 6.50. The second-order valence-corrected chi connectivity index (χ2v) is 8.99. The lowest BCUT2D eigenvalue weighted by Crippen LogP contribution is -2.16. The summed E-state index contributed by atoms with van der Waals surface area (Å²) in [4.78, 5) is 9.44. The number of anilines is 1. The van der Waals surface area contributed by atoms with Crippen LogP contribution in [0.2, 0.25) is 0 Å². The summed E-state index contributed by atoms with van der Waals surface area (Å²) in [5, 5.41) is 9.99. The quantitative estimate of drug-likeness (QED) is 0.443. The fourth-order valence-electron chi connectivity index (χ4n) is 3.58. The first kappa shape index (κ1) is 19.7. The van der Waals surface area contributed by atoms with Gasteiger partial charge in [0.05, 0.1) is 15.9 Å². The van der Waals surface area contributed by atoms with Crippen molar-refractivity contribution < 1.29 is 8.42 Å². The van der Waals surface area contributed by atoms with Crippen molar-refractivity contribution in [3.05, 3.63) is 90.0 Å². The van der Waals surface area contributed by atoms with E-state index in [9.17, 15) is 13.7 Å². The van der Waals surface area contributed by atoms with E-state index in [1.165, 1.54) is 12.1 Å². The Labute approximate surface area is 184 Å². The molecule has 0 fully saturated rings. The first-order valence-corrected chi connectivity index (χ1v) is 11.3. The van der Waals surface area contributed by atoms with E-state index in [0.717, 1.165) is 5.56 Å². The van der Waals surface area contributed by atoms with Crippen LogP contribution in [0.4, 0.5) is 5.82 Å². The van der Waals surface area contributed by atoms with Crippen LogP contribution in [0.25, 0.3) is 27.9 Å². The van der Waals surface area contributed by atoms with Gasteiger partial charge < -0.3 is 0 Å². The first-order chi connectivity index (χ1) is 15.5. The molecule has 0 atom stereocenters. The molecule has 0 amide bonds. The van der Waals surface area contributed by atoms with Crippen LogP contribution in [0, 0.1) is 18.3 Å². The van der Waals surface area contributed by atoms with Crippen molar-refractivity contribution in [2.75, 3.05) is 4.72 Å². The molecule has 0 saturated heterocycles. The predicted molar refractivity (Wildman–Crippen MR) is 123 cm³/mol. The molecule has 0 bridgehead atoms. The maximum Gasteiger partial charge on any atom is 0.263 e. The Kier molecular flexibility index (Phi) is 4.61. The van der Waals surface area contributed by atoms with Crippen LogP contribution in [-0.2, 0) is 10.0 Å². The number of aryl methyl sites for hydroxylation is 1. The molecule has 7 nitrogen and oxygen atoms in total. The Balaban J connectivity index is 1.82. The number of hydrogen-bond donors (Lipinski definition) is 1. The Hall–Kier alpha value is -4.22. The van der Waals surface area contributed by atoms with E-state index >= 15 is 0 Å². The number of nitrogens with one attached hydrogen (secondary N) is 1. The second kappa shape index (κ2) is 7.48. The van der Waals surface area contributed by atoms with Crippen molar-refractivity contribution in [3.8, 4) is 11.8 Å². The molecule has 0 radical (unpaired) electrons. The molecule has 0 saturated carbocycles. The van der Waals surface area contributed by atoms with Gasteiger partial charge in [-0.15, -0.1) is 0 Å². The molecular weight excluding hydrogens is 422 g/mol. The van der Waals surface area contributed by atoms with Gasteiger partial charge in [-0.2, -0.15) is 5.26 Å². The highest BCUT2D eigenvalue weighted by Gasteiger charge is 2.26. The van der Waals surface area contributed by atoms with E-state index < -0.39 is 10.0 Å². The van der Waals surface area contributed by atoms with Gasteiger partial charge in [0.1, 0.15) is 23.0 Å². The number of sulfonamides is 1. The van der Waals surface area contributed by atoms with Gasteiger partial charge in [0.15, 0.2) is 5.65 Å². The normalized spacial score (nSPS) is 11.5. The summed E-state index contributed by atoms with van der Waals surface area (Å²) in [5.74, 6) is 0.101. The highest BCUT2D eigenvalue weighted by molar-refractivity contribution is 7.92. The number of para-hydroxylation sites is 3. The van der Waals surface area contributed by atoms with Crippen LogP contribution >= 0.6 is 0 Å². The Morgan fingerprint density at radius 1 is 0.875 bits per heavy atom. The predicted octanol–water partition coefficient (Wildman–Crippen LogP) is 4.55. The van der Waals surface area contributed by atoms with E-state index in [0.29, 0.717) is 27.9 Å². The van der Waals surface area contributed by atoms with E-state index in [1.807, 2.05) is 55.5 Å². The highest BCUT2D eigenvalue weighted by Crippen LogP contribution is 2.33. The Morgan fingerprint density at radius 3 is 2.16 bits per heavy atom. The van der Waals surface area contributed by atoms with Gasteiger partial charge in [0, 0.05) is 5.69 Å². The molecule has 0 unspecified atom stereocenters. The molecule has 2 heterocycles. The first-order valence-electron chi connectivity index (χ1n) is 9.84. The van der Waals surface area contributed by atoms with E-state index in [1.54, 1.807) is 22.8 Å². The van der Waals surface area contributed by atoms with Crippen molar-refractivity contribution in [1.29, 1.82) is 5.26 Å². The maximum absolute atomic E-state index is 13.2. The van der Waals surface area contributed by atoms with E-state index in [-0.39, 0.29) is 16.3 Å². The summed E-state index contributed by atoms with van der Waals surface area (Å²) in [6.07, 6.45) is 0. The summed E-state index contributed by atoms with van der Waals surface area (Å²) in [5.41, 5.74) is 3.70. The molecule has 0 aliphatic carbocycles. The second-order valence-electron chi connectivity index (χ2n) is 7.31. The Morgan fingerprint density at radius 2 is 1.50 bits per heavy atom. The fraction of sp³-hybridized carbons (Fsp3) is 0.0417. The number of nitriles is 1. The maximum atomic E-state index is 13.2. The number of rotatable bonds is 4. The smallest absolute Gasteiger partial charge is 0.263 e. The molecule has 32 heavy (non-hydrogen) atoms.